The van der Waals surface area contributed by atoms with Crippen LogP contribution in [0.3, 0.4) is 0 Å². The monoisotopic (exact) mass is 315 g/mol. The maximum atomic E-state index is 13.1. The van der Waals surface area contributed by atoms with Gasteiger partial charge in [-0.05, 0) is 23.8 Å². The first-order valence-corrected chi connectivity index (χ1v) is 5.97. The molecular weight excluding hydrogens is 308 g/mol. The molecule has 2 aromatic rings. The standard InChI is InChI=1S/C11H8BrClFN3/c12-9-2-1-8(14)3-7(9)4-16-11-10(13)5-15-6-17-11/h1-3,5-6H,4H2,(H,15,16,17). The van der Waals surface area contributed by atoms with E-state index in [1.54, 1.807) is 6.07 Å². The molecule has 6 heteroatoms. The summed E-state index contributed by atoms with van der Waals surface area (Å²) >= 11 is 9.24. The highest BCUT2D eigenvalue weighted by Gasteiger charge is 2.04. The number of benzene rings is 1. The van der Waals surface area contributed by atoms with Gasteiger partial charge in [-0.15, -0.1) is 0 Å². The van der Waals surface area contributed by atoms with Gasteiger partial charge in [0.15, 0.2) is 0 Å². The van der Waals surface area contributed by atoms with E-state index >= 15 is 0 Å². The molecule has 0 saturated heterocycles. The van der Waals surface area contributed by atoms with Crippen molar-refractivity contribution < 1.29 is 4.39 Å². The molecule has 1 aromatic heterocycles. The van der Waals surface area contributed by atoms with Gasteiger partial charge in [0.05, 0.1) is 6.20 Å². The number of nitrogens with one attached hydrogen (secondary N) is 1. The topological polar surface area (TPSA) is 37.8 Å². The summed E-state index contributed by atoms with van der Waals surface area (Å²) in [6, 6.07) is 4.51. The van der Waals surface area contributed by atoms with Gasteiger partial charge in [-0.2, -0.15) is 0 Å². The van der Waals surface area contributed by atoms with Crippen LogP contribution in [0.15, 0.2) is 35.2 Å². The molecule has 88 valence electrons. The van der Waals surface area contributed by atoms with Crippen LogP contribution in [0, 0.1) is 5.82 Å². The molecule has 0 saturated carbocycles. The van der Waals surface area contributed by atoms with Gasteiger partial charge in [0, 0.05) is 11.0 Å². The second kappa shape index (κ2) is 5.42. The number of hydrogen-bond acceptors (Lipinski definition) is 3. The van der Waals surface area contributed by atoms with Crippen LogP contribution in [-0.4, -0.2) is 9.97 Å². The average Bonchev–Trinajstić information content (AvgIpc) is 2.32. The van der Waals surface area contributed by atoms with Gasteiger partial charge in [0.2, 0.25) is 0 Å². The maximum Gasteiger partial charge on any atom is 0.148 e. The lowest BCUT2D eigenvalue weighted by atomic mass is 10.2. The Kier molecular flexibility index (Phi) is 3.91. The van der Waals surface area contributed by atoms with Gasteiger partial charge >= 0.3 is 0 Å². The normalized spacial score (nSPS) is 10.3. The Balaban J connectivity index is 2.12. The van der Waals surface area contributed by atoms with Crippen LogP contribution in [0.25, 0.3) is 0 Å². The highest BCUT2D eigenvalue weighted by Crippen LogP contribution is 2.21. The lowest BCUT2D eigenvalue weighted by molar-refractivity contribution is 0.625. The van der Waals surface area contributed by atoms with Crippen LogP contribution < -0.4 is 5.32 Å². The van der Waals surface area contributed by atoms with Gasteiger partial charge in [0.25, 0.3) is 0 Å². The number of aromatic nitrogens is 2. The summed E-state index contributed by atoms with van der Waals surface area (Å²) in [7, 11) is 0. The van der Waals surface area contributed by atoms with Crippen molar-refractivity contribution in [1.29, 1.82) is 0 Å². The van der Waals surface area contributed by atoms with Crippen molar-refractivity contribution >= 4 is 33.3 Å². The average molecular weight is 317 g/mol. The minimum absolute atomic E-state index is 0.279. The molecule has 2 rings (SSSR count). The first-order valence-electron chi connectivity index (χ1n) is 4.80. The van der Waals surface area contributed by atoms with Crippen LogP contribution in [0.5, 0.6) is 0 Å². The second-order valence-electron chi connectivity index (χ2n) is 3.31. The molecule has 1 aromatic carbocycles. The Bertz CT molecular complexity index is 536. The minimum Gasteiger partial charge on any atom is -0.365 e. The summed E-state index contributed by atoms with van der Waals surface area (Å²) in [4.78, 5) is 7.76. The fraction of sp³-hybridized carbons (Fsp3) is 0.0909. The third-order valence-electron chi connectivity index (χ3n) is 2.12. The molecule has 1 N–H and O–H groups in total. The molecule has 0 aliphatic carbocycles. The third-order valence-corrected chi connectivity index (χ3v) is 3.17. The summed E-state index contributed by atoms with van der Waals surface area (Å²) in [6.45, 7) is 0.426. The van der Waals surface area contributed by atoms with Crippen LogP contribution in [0.4, 0.5) is 10.2 Å². The van der Waals surface area contributed by atoms with E-state index in [1.807, 2.05) is 0 Å². The van der Waals surface area contributed by atoms with Gasteiger partial charge in [-0.1, -0.05) is 27.5 Å². The summed E-state index contributed by atoms with van der Waals surface area (Å²) in [5.41, 5.74) is 0.791. The largest absolute Gasteiger partial charge is 0.365 e. The summed E-state index contributed by atoms with van der Waals surface area (Å²) in [5, 5.41) is 3.45. The number of rotatable bonds is 3. The van der Waals surface area contributed by atoms with E-state index < -0.39 is 0 Å². The van der Waals surface area contributed by atoms with Gasteiger partial charge in [0.1, 0.15) is 23.0 Å². The Labute approximate surface area is 111 Å². The fourth-order valence-electron chi connectivity index (χ4n) is 1.30. The quantitative estimate of drug-likeness (QED) is 0.939. The van der Waals surface area contributed by atoms with Crippen LogP contribution in [-0.2, 0) is 6.54 Å². The highest BCUT2D eigenvalue weighted by molar-refractivity contribution is 9.10. The summed E-state index contributed by atoms with van der Waals surface area (Å²) in [5.74, 6) is 0.247. The number of nitrogens with zero attached hydrogens (tertiary/aromatic N) is 2. The summed E-state index contributed by atoms with van der Waals surface area (Å²) in [6.07, 6.45) is 2.90. The van der Waals surface area contributed by atoms with E-state index in [0.29, 0.717) is 17.4 Å². The molecule has 0 aliphatic heterocycles. The lowest BCUT2D eigenvalue weighted by Gasteiger charge is -2.08. The van der Waals surface area contributed by atoms with E-state index in [1.165, 1.54) is 24.7 Å². The fourth-order valence-corrected chi connectivity index (χ4v) is 1.86. The number of anilines is 1. The Morgan fingerprint density at radius 1 is 1.41 bits per heavy atom. The zero-order valence-electron chi connectivity index (χ0n) is 8.62. The molecule has 0 aliphatic rings. The first-order chi connectivity index (χ1) is 8.16. The molecule has 0 fully saturated rings. The van der Waals surface area contributed by atoms with Gasteiger partial charge < -0.3 is 5.32 Å². The maximum absolute atomic E-state index is 13.1. The molecular formula is C11H8BrClFN3. The van der Waals surface area contributed by atoms with Crippen molar-refractivity contribution in [2.24, 2.45) is 0 Å². The lowest BCUT2D eigenvalue weighted by Crippen LogP contribution is -2.03. The Morgan fingerprint density at radius 2 is 2.24 bits per heavy atom. The zero-order chi connectivity index (χ0) is 12.3. The predicted molar refractivity (Wildman–Crippen MR) is 68.5 cm³/mol. The Morgan fingerprint density at radius 3 is 3.00 bits per heavy atom. The van der Waals surface area contributed by atoms with Crippen molar-refractivity contribution in [3.8, 4) is 0 Å². The van der Waals surface area contributed by atoms with Crippen molar-refractivity contribution in [1.82, 2.24) is 9.97 Å². The molecule has 3 nitrogen and oxygen atoms in total. The predicted octanol–water partition coefficient (Wildman–Crippen LogP) is 3.64. The van der Waals surface area contributed by atoms with Crippen LogP contribution in [0.1, 0.15) is 5.56 Å². The highest BCUT2D eigenvalue weighted by atomic mass is 79.9. The molecule has 0 amide bonds. The third kappa shape index (κ3) is 3.14. The van der Waals surface area contributed by atoms with E-state index in [2.05, 4.69) is 31.2 Å². The Hall–Kier alpha value is -1.20. The SMILES string of the molecule is Fc1ccc(Br)c(CNc2ncncc2Cl)c1. The molecule has 0 bridgehead atoms. The van der Waals surface area contributed by atoms with Crippen LogP contribution >= 0.6 is 27.5 Å². The van der Waals surface area contributed by atoms with Crippen molar-refractivity contribution in [2.75, 3.05) is 5.32 Å². The van der Waals surface area contributed by atoms with Crippen molar-refractivity contribution in [2.45, 2.75) is 6.54 Å². The molecule has 17 heavy (non-hydrogen) atoms. The van der Waals surface area contributed by atoms with Crippen molar-refractivity contribution in [3.63, 3.8) is 0 Å². The van der Waals surface area contributed by atoms with E-state index in [9.17, 15) is 4.39 Å². The molecule has 0 radical (unpaired) electrons. The van der Waals surface area contributed by atoms with Crippen LogP contribution in [0.2, 0.25) is 5.02 Å². The molecule has 0 atom stereocenters. The van der Waals surface area contributed by atoms with E-state index in [-0.39, 0.29) is 5.82 Å². The molecule has 1 heterocycles. The smallest absolute Gasteiger partial charge is 0.148 e. The van der Waals surface area contributed by atoms with Gasteiger partial charge in [-0.25, -0.2) is 14.4 Å². The van der Waals surface area contributed by atoms with E-state index in [4.69, 9.17) is 11.6 Å². The molecule has 0 unspecified atom stereocenters. The zero-order valence-corrected chi connectivity index (χ0v) is 11.0. The van der Waals surface area contributed by atoms with Gasteiger partial charge in [-0.3, -0.25) is 0 Å². The first kappa shape index (κ1) is 12.3. The summed E-state index contributed by atoms with van der Waals surface area (Å²) < 4.78 is 13.9. The van der Waals surface area contributed by atoms with E-state index in [0.717, 1.165) is 10.0 Å². The van der Waals surface area contributed by atoms with Crippen molar-refractivity contribution in [3.05, 3.63) is 51.6 Å². The minimum atomic E-state index is -0.279. The second-order valence-corrected chi connectivity index (χ2v) is 4.57. The molecule has 0 spiro atoms. The number of hydrogen-bond donors (Lipinski definition) is 1. The number of halogens is 3.